The second-order valence-corrected chi connectivity index (χ2v) is 10.7. The van der Waals surface area contributed by atoms with Crippen molar-refractivity contribution >= 4 is 23.4 Å². The van der Waals surface area contributed by atoms with Gasteiger partial charge in [-0.2, -0.15) is 0 Å². The number of nitrogens with zero attached hydrogens (tertiary/aromatic N) is 1. The minimum Gasteiger partial charge on any atom is -0.483 e. The van der Waals surface area contributed by atoms with E-state index in [0.717, 1.165) is 47.9 Å². The van der Waals surface area contributed by atoms with Crippen molar-refractivity contribution in [3.8, 4) is 5.75 Å². The summed E-state index contributed by atoms with van der Waals surface area (Å²) in [6.45, 7) is 4.12. The predicted octanol–water partition coefficient (Wildman–Crippen LogP) is 6.42. The van der Waals surface area contributed by atoms with Crippen LogP contribution in [0.4, 0.5) is 0 Å². The molecule has 0 spiro atoms. The predicted molar refractivity (Wildman–Crippen MR) is 152 cm³/mol. The molecule has 0 radical (unpaired) electrons. The molecule has 1 aliphatic rings. The van der Waals surface area contributed by atoms with Gasteiger partial charge in [0.1, 0.15) is 11.8 Å². The van der Waals surface area contributed by atoms with Crippen molar-refractivity contribution in [1.82, 2.24) is 10.2 Å². The number of amides is 2. The van der Waals surface area contributed by atoms with Crippen molar-refractivity contribution < 1.29 is 14.3 Å². The number of carbonyl (C=O) groups is 2. The molecule has 2 amide bonds. The lowest BCUT2D eigenvalue weighted by molar-refractivity contribution is -0.143. The summed E-state index contributed by atoms with van der Waals surface area (Å²) in [4.78, 5) is 29.3. The van der Waals surface area contributed by atoms with Crippen LogP contribution < -0.4 is 10.1 Å². The molecule has 1 fully saturated rings. The Labute approximate surface area is 231 Å². The topological polar surface area (TPSA) is 58.6 Å². The lowest BCUT2D eigenvalue weighted by Gasteiger charge is -2.33. The van der Waals surface area contributed by atoms with Crippen LogP contribution in [0, 0.1) is 13.8 Å². The highest BCUT2D eigenvalue weighted by atomic mass is 35.5. The fourth-order valence-corrected chi connectivity index (χ4v) is 5.19. The van der Waals surface area contributed by atoms with E-state index in [1.165, 1.54) is 6.42 Å². The van der Waals surface area contributed by atoms with Crippen molar-refractivity contribution in [2.75, 3.05) is 6.61 Å². The van der Waals surface area contributed by atoms with Crippen molar-refractivity contribution in [3.05, 3.63) is 100 Å². The molecule has 200 valence electrons. The van der Waals surface area contributed by atoms with Gasteiger partial charge in [-0.05, 0) is 61.6 Å². The molecule has 1 unspecified atom stereocenters. The van der Waals surface area contributed by atoms with Crippen LogP contribution in [0.25, 0.3) is 0 Å². The highest BCUT2D eigenvalue weighted by Gasteiger charge is 2.32. The fraction of sp³-hybridized carbons (Fsp3) is 0.375. The lowest BCUT2D eigenvalue weighted by Crippen LogP contribution is -2.53. The van der Waals surface area contributed by atoms with E-state index in [2.05, 4.69) is 5.32 Å². The van der Waals surface area contributed by atoms with Gasteiger partial charge >= 0.3 is 0 Å². The molecule has 0 aliphatic heterocycles. The molecular formula is C32H37ClN2O3. The van der Waals surface area contributed by atoms with Crippen molar-refractivity contribution in [2.24, 2.45) is 0 Å². The van der Waals surface area contributed by atoms with Crippen LogP contribution in [0.1, 0.15) is 54.4 Å². The first kappa shape index (κ1) is 27.7. The summed E-state index contributed by atoms with van der Waals surface area (Å²) >= 11 is 6.12. The Bertz CT molecular complexity index is 1210. The first-order valence-electron chi connectivity index (χ1n) is 13.5. The summed E-state index contributed by atoms with van der Waals surface area (Å²) in [5, 5.41) is 3.89. The highest BCUT2D eigenvalue weighted by molar-refractivity contribution is 6.30. The Morgan fingerprint density at radius 2 is 1.66 bits per heavy atom. The number of rotatable bonds is 10. The average molecular weight is 533 g/mol. The SMILES string of the molecule is Cc1ccc(OCC(=O)N(Cc2ccc(Cl)cc2)C(Cc2ccccc2)C(=O)NC2CCCCC2)c(C)c1. The maximum Gasteiger partial charge on any atom is 0.261 e. The van der Waals surface area contributed by atoms with Crippen LogP contribution >= 0.6 is 11.6 Å². The van der Waals surface area contributed by atoms with Crippen molar-refractivity contribution in [2.45, 2.75) is 71.0 Å². The standard InChI is InChI=1S/C32H37ClN2O3/c1-23-13-18-30(24(2)19-23)38-22-31(36)35(21-26-14-16-27(33)17-15-26)29(20-25-9-5-3-6-10-25)32(37)34-28-11-7-4-8-12-28/h3,5-6,9-10,13-19,28-29H,4,7-8,11-12,20-22H2,1-2H3,(H,34,37). The molecule has 0 saturated heterocycles. The number of hydrogen-bond donors (Lipinski definition) is 1. The van der Waals surface area contributed by atoms with Gasteiger partial charge in [0.05, 0.1) is 0 Å². The van der Waals surface area contributed by atoms with Crippen LogP contribution in [0.15, 0.2) is 72.8 Å². The van der Waals surface area contributed by atoms with Gasteiger partial charge < -0.3 is 15.0 Å². The van der Waals surface area contributed by atoms with Gasteiger partial charge in [-0.3, -0.25) is 9.59 Å². The summed E-state index contributed by atoms with van der Waals surface area (Å²) in [6, 6.07) is 22.6. The van der Waals surface area contributed by atoms with Gasteiger partial charge in [-0.1, -0.05) is 91.0 Å². The van der Waals surface area contributed by atoms with Crippen LogP contribution in [0.5, 0.6) is 5.75 Å². The number of ether oxygens (including phenoxy) is 1. The lowest BCUT2D eigenvalue weighted by atomic mass is 9.94. The Kier molecular flexibility index (Phi) is 9.83. The number of benzene rings is 3. The van der Waals surface area contributed by atoms with E-state index in [1.807, 2.05) is 74.5 Å². The number of halogens is 1. The molecule has 3 aromatic carbocycles. The smallest absolute Gasteiger partial charge is 0.261 e. The second-order valence-electron chi connectivity index (χ2n) is 10.3. The number of nitrogens with one attached hydrogen (secondary N) is 1. The monoisotopic (exact) mass is 532 g/mol. The van der Waals surface area contributed by atoms with E-state index in [-0.39, 0.29) is 31.0 Å². The maximum absolute atomic E-state index is 13.8. The molecule has 3 aromatic rings. The van der Waals surface area contributed by atoms with Gasteiger partial charge in [0, 0.05) is 24.0 Å². The van der Waals surface area contributed by atoms with E-state index >= 15 is 0 Å². The van der Waals surface area contributed by atoms with Gasteiger partial charge in [-0.25, -0.2) is 0 Å². The zero-order valence-electron chi connectivity index (χ0n) is 22.3. The second kappa shape index (κ2) is 13.5. The van der Waals surface area contributed by atoms with Gasteiger partial charge in [0.25, 0.3) is 5.91 Å². The molecule has 0 aromatic heterocycles. The molecule has 0 heterocycles. The van der Waals surface area contributed by atoms with E-state index in [0.29, 0.717) is 17.2 Å². The summed E-state index contributed by atoms with van der Waals surface area (Å²) < 4.78 is 5.98. The molecule has 5 nitrogen and oxygen atoms in total. The van der Waals surface area contributed by atoms with E-state index in [4.69, 9.17) is 16.3 Å². The molecule has 1 atom stereocenters. The zero-order chi connectivity index (χ0) is 26.9. The van der Waals surface area contributed by atoms with E-state index < -0.39 is 6.04 Å². The van der Waals surface area contributed by atoms with E-state index in [1.54, 1.807) is 17.0 Å². The Balaban J connectivity index is 1.61. The Hall–Kier alpha value is -3.31. The highest BCUT2D eigenvalue weighted by Crippen LogP contribution is 2.22. The van der Waals surface area contributed by atoms with Gasteiger partial charge in [-0.15, -0.1) is 0 Å². The maximum atomic E-state index is 13.8. The summed E-state index contributed by atoms with van der Waals surface area (Å²) in [7, 11) is 0. The Morgan fingerprint density at radius 1 is 0.947 bits per heavy atom. The minimum atomic E-state index is -0.676. The molecule has 0 bridgehead atoms. The molecule has 38 heavy (non-hydrogen) atoms. The molecule has 1 N–H and O–H groups in total. The third kappa shape index (κ3) is 7.84. The van der Waals surface area contributed by atoms with Crippen LogP contribution in [0.2, 0.25) is 5.02 Å². The Morgan fingerprint density at radius 3 is 2.34 bits per heavy atom. The third-order valence-corrected chi connectivity index (χ3v) is 7.42. The summed E-state index contributed by atoms with van der Waals surface area (Å²) in [5.74, 6) is 0.316. The van der Waals surface area contributed by atoms with Crippen LogP contribution in [-0.2, 0) is 22.6 Å². The molecular weight excluding hydrogens is 496 g/mol. The molecule has 6 heteroatoms. The largest absolute Gasteiger partial charge is 0.483 e. The minimum absolute atomic E-state index is 0.116. The first-order valence-corrected chi connectivity index (χ1v) is 13.8. The molecule has 1 aliphatic carbocycles. The fourth-order valence-electron chi connectivity index (χ4n) is 5.07. The zero-order valence-corrected chi connectivity index (χ0v) is 23.0. The van der Waals surface area contributed by atoms with Crippen LogP contribution in [-0.4, -0.2) is 35.4 Å². The van der Waals surface area contributed by atoms with Crippen molar-refractivity contribution in [3.63, 3.8) is 0 Å². The summed E-state index contributed by atoms with van der Waals surface area (Å²) in [5.41, 5.74) is 4.00. The molecule has 1 saturated carbocycles. The van der Waals surface area contributed by atoms with E-state index in [9.17, 15) is 9.59 Å². The number of carbonyl (C=O) groups excluding carboxylic acids is 2. The number of aryl methyl sites for hydroxylation is 2. The molecule has 4 rings (SSSR count). The average Bonchev–Trinajstić information content (AvgIpc) is 2.92. The van der Waals surface area contributed by atoms with Gasteiger partial charge in [0.15, 0.2) is 6.61 Å². The quantitative estimate of drug-likeness (QED) is 0.327. The number of hydrogen-bond acceptors (Lipinski definition) is 3. The third-order valence-electron chi connectivity index (χ3n) is 7.17. The normalized spacial score (nSPS) is 14.5. The van der Waals surface area contributed by atoms with Crippen LogP contribution in [0.3, 0.4) is 0 Å². The summed E-state index contributed by atoms with van der Waals surface area (Å²) in [6.07, 6.45) is 5.81. The first-order chi connectivity index (χ1) is 18.4. The van der Waals surface area contributed by atoms with Gasteiger partial charge in [0.2, 0.25) is 5.91 Å². The van der Waals surface area contributed by atoms with Crippen molar-refractivity contribution in [1.29, 1.82) is 0 Å².